The summed E-state index contributed by atoms with van der Waals surface area (Å²) >= 11 is 0. The molecule has 0 saturated heterocycles. The standard InChI is InChI=1S/C22H25N5O3/c1-3-4-14-27-20(23-24-25-27)16-30-22(29)19-13-9-8-12-18(19)21(28)26(2)15-17-10-6-5-7-11-17/h5-13H,3-4,14-16H2,1-2H3. The van der Waals surface area contributed by atoms with Crippen LogP contribution in [0.5, 0.6) is 0 Å². The summed E-state index contributed by atoms with van der Waals surface area (Å²) in [5, 5.41) is 11.5. The molecule has 8 nitrogen and oxygen atoms in total. The minimum atomic E-state index is -0.586. The van der Waals surface area contributed by atoms with E-state index < -0.39 is 5.97 Å². The smallest absolute Gasteiger partial charge is 0.339 e. The Morgan fingerprint density at radius 3 is 2.47 bits per heavy atom. The maximum absolute atomic E-state index is 13.0. The number of nitrogens with zero attached hydrogens (tertiary/aromatic N) is 5. The van der Waals surface area contributed by atoms with Crippen LogP contribution in [0, 0.1) is 0 Å². The minimum absolute atomic E-state index is 0.0576. The lowest BCUT2D eigenvalue weighted by atomic mass is 10.1. The molecule has 0 fully saturated rings. The molecule has 0 radical (unpaired) electrons. The van der Waals surface area contributed by atoms with Crippen LogP contribution in [0.2, 0.25) is 0 Å². The Bertz CT molecular complexity index is 987. The third-order valence-corrected chi connectivity index (χ3v) is 4.65. The van der Waals surface area contributed by atoms with E-state index in [1.165, 1.54) is 0 Å². The van der Waals surface area contributed by atoms with Crippen molar-refractivity contribution in [3.8, 4) is 0 Å². The van der Waals surface area contributed by atoms with Crippen LogP contribution < -0.4 is 0 Å². The van der Waals surface area contributed by atoms with Gasteiger partial charge in [0.05, 0.1) is 11.1 Å². The number of rotatable bonds is 9. The van der Waals surface area contributed by atoms with Gasteiger partial charge in [-0.3, -0.25) is 4.79 Å². The zero-order valence-electron chi connectivity index (χ0n) is 17.2. The molecule has 0 aliphatic rings. The summed E-state index contributed by atoms with van der Waals surface area (Å²) < 4.78 is 7.04. The van der Waals surface area contributed by atoms with E-state index in [2.05, 4.69) is 22.4 Å². The topological polar surface area (TPSA) is 90.2 Å². The van der Waals surface area contributed by atoms with Crippen molar-refractivity contribution in [2.45, 2.75) is 39.5 Å². The van der Waals surface area contributed by atoms with Gasteiger partial charge >= 0.3 is 5.97 Å². The molecule has 1 aromatic heterocycles. The number of tetrazole rings is 1. The molecule has 30 heavy (non-hydrogen) atoms. The number of ether oxygens (including phenoxy) is 1. The fourth-order valence-corrected chi connectivity index (χ4v) is 3.00. The molecular formula is C22H25N5O3. The third kappa shape index (κ3) is 5.28. The number of aromatic nitrogens is 4. The highest BCUT2D eigenvalue weighted by Gasteiger charge is 2.21. The number of aryl methyl sites for hydroxylation is 1. The maximum atomic E-state index is 13.0. The van der Waals surface area contributed by atoms with Crippen LogP contribution in [0.3, 0.4) is 0 Å². The van der Waals surface area contributed by atoms with Gasteiger partial charge in [0.15, 0.2) is 12.4 Å². The Kier molecular flexibility index (Phi) is 7.26. The number of carbonyl (C=O) groups excluding carboxylic acids is 2. The molecule has 0 spiro atoms. The second-order valence-electron chi connectivity index (χ2n) is 6.94. The minimum Gasteiger partial charge on any atom is -0.454 e. The van der Waals surface area contributed by atoms with Crippen LogP contribution in [-0.2, 0) is 24.4 Å². The van der Waals surface area contributed by atoms with Crippen LogP contribution in [0.15, 0.2) is 54.6 Å². The number of hydrogen-bond donors (Lipinski definition) is 0. The molecule has 1 amide bonds. The van der Waals surface area contributed by atoms with Gasteiger partial charge in [0, 0.05) is 20.1 Å². The van der Waals surface area contributed by atoms with Gasteiger partial charge in [-0.15, -0.1) is 5.10 Å². The molecule has 0 unspecified atom stereocenters. The van der Waals surface area contributed by atoms with Crippen LogP contribution in [0.4, 0.5) is 0 Å². The highest BCUT2D eigenvalue weighted by Crippen LogP contribution is 2.15. The summed E-state index contributed by atoms with van der Waals surface area (Å²) in [6, 6.07) is 16.3. The number of amides is 1. The molecule has 156 valence electrons. The summed E-state index contributed by atoms with van der Waals surface area (Å²) in [6.45, 7) is 3.12. The Balaban J connectivity index is 1.69. The largest absolute Gasteiger partial charge is 0.454 e. The van der Waals surface area contributed by atoms with Gasteiger partial charge in [0.25, 0.3) is 5.91 Å². The van der Waals surface area contributed by atoms with Crippen molar-refractivity contribution in [2.24, 2.45) is 0 Å². The lowest BCUT2D eigenvalue weighted by molar-refractivity contribution is 0.0451. The molecule has 0 N–H and O–H groups in total. The van der Waals surface area contributed by atoms with Crippen molar-refractivity contribution in [3.63, 3.8) is 0 Å². The summed E-state index contributed by atoms with van der Waals surface area (Å²) in [5.41, 5.74) is 1.52. The Hall–Kier alpha value is -3.55. The number of hydrogen-bond acceptors (Lipinski definition) is 6. The Morgan fingerprint density at radius 1 is 1.03 bits per heavy atom. The number of esters is 1. The summed E-state index contributed by atoms with van der Waals surface area (Å²) in [4.78, 5) is 27.2. The van der Waals surface area contributed by atoms with Crippen molar-refractivity contribution in [2.75, 3.05) is 7.05 Å². The van der Waals surface area contributed by atoms with Gasteiger partial charge in [0.2, 0.25) is 0 Å². The van der Waals surface area contributed by atoms with E-state index in [-0.39, 0.29) is 18.1 Å². The number of carbonyl (C=O) groups is 2. The SMILES string of the molecule is CCCCn1nnnc1COC(=O)c1ccccc1C(=O)N(C)Cc1ccccc1. The monoisotopic (exact) mass is 407 g/mol. The van der Waals surface area contributed by atoms with Crippen molar-refractivity contribution in [1.82, 2.24) is 25.1 Å². The van der Waals surface area contributed by atoms with Crippen molar-refractivity contribution < 1.29 is 14.3 Å². The average Bonchev–Trinajstić information content (AvgIpc) is 3.23. The predicted octanol–water partition coefficient (Wildman–Crippen LogP) is 3.10. The van der Waals surface area contributed by atoms with Gasteiger partial charge in [-0.2, -0.15) is 0 Å². The van der Waals surface area contributed by atoms with Crippen molar-refractivity contribution in [3.05, 3.63) is 77.1 Å². The molecular weight excluding hydrogens is 382 g/mol. The Morgan fingerprint density at radius 2 is 1.73 bits per heavy atom. The zero-order valence-corrected chi connectivity index (χ0v) is 17.2. The second kappa shape index (κ2) is 10.3. The second-order valence-corrected chi connectivity index (χ2v) is 6.94. The third-order valence-electron chi connectivity index (χ3n) is 4.65. The van der Waals surface area contributed by atoms with E-state index in [0.717, 1.165) is 18.4 Å². The molecule has 2 aromatic carbocycles. The van der Waals surface area contributed by atoms with E-state index in [0.29, 0.717) is 24.5 Å². The molecule has 1 heterocycles. The van der Waals surface area contributed by atoms with E-state index in [1.54, 1.807) is 40.9 Å². The molecule has 0 aliphatic carbocycles. The number of unbranched alkanes of at least 4 members (excludes halogenated alkanes) is 1. The summed E-state index contributed by atoms with van der Waals surface area (Å²) in [6.07, 6.45) is 1.93. The van der Waals surface area contributed by atoms with Gasteiger partial charge in [-0.1, -0.05) is 55.8 Å². The molecule has 0 saturated carbocycles. The summed E-state index contributed by atoms with van der Waals surface area (Å²) in [7, 11) is 1.71. The fraction of sp³-hybridized carbons (Fsp3) is 0.318. The van der Waals surface area contributed by atoms with Crippen LogP contribution in [-0.4, -0.2) is 44.0 Å². The fourth-order valence-electron chi connectivity index (χ4n) is 3.00. The first-order valence-corrected chi connectivity index (χ1v) is 9.90. The Labute approximate surface area is 175 Å². The predicted molar refractivity (Wildman–Crippen MR) is 111 cm³/mol. The molecule has 3 aromatic rings. The first-order chi connectivity index (χ1) is 14.6. The van der Waals surface area contributed by atoms with E-state index >= 15 is 0 Å². The van der Waals surface area contributed by atoms with Gasteiger partial charge < -0.3 is 9.64 Å². The summed E-state index contributed by atoms with van der Waals surface area (Å²) in [5.74, 6) is -0.363. The number of benzene rings is 2. The first kappa shape index (κ1) is 21.2. The molecule has 3 rings (SSSR count). The lowest BCUT2D eigenvalue weighted by Gasteiger charge is -2.19. The van der Waals surface area contributed by atoms with Gasteiger partial charge in [-0.05, 0) is 34.5 Å². The normalized spacial score (nSPS) is 10.6. The van der Waals surface area contributed by atoms with E-state index in [1.807, 2.05) is 30.3 Å². The highest BCUT2D eigenvalue weighted by molar-refractivity contribution is 6.05. The zero-order chi connectivity index (χ0) is 21.3. The van der Waals surface area contributed by atoms with Gasteiger partial charge in [0.1, 0.15) is 0 Å². The first-order valence-electron chi connectivity index (χ1n) is 9.90. The quantitative estimate of drug-likeness (QED) is 0.506. The van der Waals surface area contributed by atoms with Crippen molar-refractivity contribution >= 4 is 11.9 Å². The van der Waals surface area contributed by atoms with Crippen LogP contribution >= 0.6 is 0 Å². The van der Waals surface area contributed by atoms with E-state index in [9.17, 15) is 9.59 Å². The molecule has 8 heteroatoms. The van der Waals surface area contributed by atoms with Gasteiger partial charge in [-0.25, -0.2) is 9.48 Å². The average molecular weight is 407 g/mol. The van der Waals surface area contributed by atoms with E-state index in [4.69, 9.17) is 4.74 Å². The van der Waals surface area contributed by atoms with Crippen LogP contribution in [0.25, 0.3) is 0 Å². The van der Waals surface area contributed by atoms with Crippen LogP contribution in [0.1, 0.15) is 51.9 Å². The van der Waals surface area contributed by atoms with Crippen molar-refractivity contribution in [1.29, 1.82) is 0 Å². The lowest BCUT2D eigenvalue weighted by Crippen LogP contribution is -2.28. The maximum Gasteiger partial charge on any atom is 0.339 e. The molecule has 0 bridgehead atoms. The molecule has 0 aliphatic heterocycles. The highest BCUT2D eigenvalue weighted by atomic mass is 16.5. The molecule has 0 atom stereocenters.